The summed E-state index contributed by atoms with van der Waals surface area (Å²) < 4.78 is 5.72. The van der Waals surface area contributed by atoms with Gasteiger partial charge < -0.3 is 14.7 Å². The molecule has 0 saturated heterocycles. The summed E-state index contributed by atoms with van der Waals surface area (Å²) >= 11 is 6.18. The maximum Gasteiger partial charge on any atom is 0.273 e. The largest absolute Gasteiger partial charge is 0.507 e. The molecule has 2 N–H and O–H groups in total. The summed E-state index contributed by atoms with van der Waals surface area (Å²) in [5.74, 6) is 0.649. The highest BCUT2D eigenvalue weighted by atomic mass is 35.5. The minimum Gasteiger partial charge on any atom is -0.507 e. The number of benzene rings is 2. The summed E-state index contributed by atoms with van der Waals surface area (Å²) in [6.07, 6.45) is 3.53. The fourth-order valence-electron chi connectivity index (χ4n) is 3.94. The van der Waals surface area contributed by atoms with Gasteiger partial charge in [-0.3, -0.25) is 9.89 Å². The van der Waals surface area contributed by atoms with Gasteiger partial charge >= 0.3 is 0 Å². The molecular weight excluding hydrogens is 414 g/mol. The Bertz CT molecular complexity index is 1130. The van der Waals surface area contributed by atoms with Gasteiger partial charge in [-0.2, -0.15) is 5.10 Å². The number of aromatic nitrogens is 2. The lowest BCUT2D eigenvalue weighted by atomic mass is 9.95. The van der Waals surface area contributed by atoms with Crippen LogP contribution in [-0.4, -0.2) is 39.3 Å². The molecule has 3 aromatic rings. The van der Waals surface area contributed by atoms with Crippen LogP contribution in [0.15, 0.2) is 55.1 Å². The lowest BCUT2D eigenvalue weighted by Crippen LogP contribution is -2.30. The molecule has 0 aliphatic carbocycles. The van der Waals surface area contributed by atoms with Gasteiger partial charge in [0.15, 0.2) is 0 Å². The Balaban J connectivity index is 1.85. The van der Waals surface area contributed by atoms with Crippen molar-refractivity contribution in [3.05, 3.63) is 77.0 Å². The third kappa shape index (κ3) is 3.91. The fraction of sp³-hybridized carbons (Fsp3) is 0.250. The van der Waals surface area contributed by atoms with E-state index >= 15 is 0 Å². The van der Waals surface area contributed by atoms with Crippen LogP contribution in [0.1, 0.15) is 47.4 Å². The van der Waals surface area contributed by atoms with E-state index in [9.17, 15) is 9.90 Å². The molecule has 1 aliphatic heterocycles. The first kappa shape index (κ1) is 21.0. The second kappa shape index (κ2) is 8.86. The average molecular weight is 438 g/mol. The number of ether oxygens (including phenoxy) is 1. The van der Waals surface area contributed by atoms with E-state index in [1.54, 1.807) is 18.2 Å². The number of hydrogen-bond donors (Lipinski definition) is 2. The average Bonchev–Trinajstić information content (AvgIpc) is 3.31. The summed E-state index contributed by atoms with van der Waals surface area (Å²) in [6.45, 7) is 6.79. The lowest BCUT2D eigenvalue weighted by Gasteiger charge is -2.26. The number of nitrogens with zero attached hydrogens (tertiary/aromatic N) is 2. The fourth-order valence-corrected chi connectivity index (χ4v) is 4.11. The molecule has 1 aromatic heterocycles. The summed E-state index contributed by atoms with van der Waals surface area (Å²) in [5.41, 5.74) is 3.09. The van der Waals surface area contributed by atoms with Crippen molar-refractivity contribution in [2.24, 2.45) is 0 Å². The van der Waals surface area contributed by atoms with E-state index in [0.717, 1.165) is 24.0 Å². The van der Waals surface area contributed by atoms with Gasteiger partial charge in [0, 0.05) is 22.7 Å². The van der Waals surface area contributed by atoms with Crippen LogP contribution in [0.4, 0.5) is 0 Å². The second-order valence-corrected chi connectivity index (χ2v) is 7.89. The number of H-pyrrole nitrogens is 1. The van der Waals surface area contributed by atoms with Crippen LogP contribution in [0.3, 0.4) is 0 Å². The molecule has 160 valence electrons. The molecule has 1 aliphatic rings. The van der Waals surface area contributed by atoms with Crippen molar-refractivity contribution in [1.82, 2.24) is 15.1 Å². The second-order valence-electron chi connectivity index (χ2n) is 7.45. The predicted molar refractivity (Wildman–Crippen MR) is 121 cm³/mol. The van der Waals surface area contributed by atoms with Crippen LogP contribution in [0.2, 0.25) is 5.02 Å². The van der Waals surface area contributed by atoms with Crippen LogP contribution in [0.5, 0.6) is 11.5 Å². The van der Waals surface area contributed by atoms with E-state index in [1.165, 1.54) is 6.07 Å². The van der Waals surface area contributed by atoms with Gasteiger partial charge in [0.25, 0.3) is 5.91 Å². The molecule has 0 fully saturated rings. The molecular formula is C24H24ClN3O3. The zero-order valence-electron chi connectivity index (χ0n) is 17.3. The number of rotatable bonds is 8. The van der Waals surface area contributed by atoms with E-state index in [0.29, 0.717) is 40.9 Å². The molecule has 1 atom stereocenters. The van der Waals surface area contributed by atoms with E-state index in [-0.39, 0.29) is 17.7 Å². The van der Waals surface area contributed by atoms with E-state index < -0.39 is 0 Å². The summed E-state index contributed by atoms with van der Waals surface area (Å²) in [4.78, 5) is 15.1. The predicted octanol–water partition coefficient (Wildman–Crippen LogP) is 5.35. The number of amides is 1. The van der Waals surface area contributed by atoms with Crippen molar-refractivity contribution in [2.45, 2.75) is 25.8 Å². The highest BCUT2D eigenvalue weighted by molar-refractivity contribution is 6.31. The molecule has 7 heteroatoms. The Hall–Kier alpha value is -3.25. The number of aromatic hydroxyl groups is 1. The molecule has 2 heterocycles. The molecule has 0 spiro atoms. The molecule has 31 heavy (non-hydrogen) atoms. The quantitative estimate of drug-likeness (QED) is 0.466. The molecule has 2 aromatic carbocycles. The van der Waals surface area contributed by atoms with Gasteiger partial charge in [-0.05, 0) is 42.3 Å². The topological polar surface area (TPSA) is 78.5 Å². The highest BCUT2D eigenvalue weighted by Crippen LogP contribution is 2.45. The van der Waals surface area contributed by atoms with Crippen molar-refractivity contribution in [2.75, 3.05) is 13.2 Å². The number of hydrogen-bond acceptors (Lipinski definition) is 4. The Morgan fingerprint density at radius 3 is 2.94 bits per heavy atom. The molecule has 1 amide bonds. The first-order chi connectivity index (χ1) is 15.0. The Morgan fingerprint density at radius 2 is 2.16 bits per heavy atom. The molecule has 1 unspecified atom stereocenters. The summed E-state index contributed by atoms with van der Waals surface area (Å²) in [7, 11) is 0. The van der Waals surface area contributed by atoms with Crippen LogP contribution in [0.25, 0.3) is 11.3 Å². The zero-order valence-corrected chi connectivity index (χ0v) is 18.0. The number of phenols is 1. The van der Waals surface area contributed by atoms with Gasteiger partial charge in [0.1, 0.15) is 29.5 Å². The first-order valence-electron chi connectivity index (χ1n) is 10.3. The molecule has 4 rings (SSSR count). The van der Waals surface area contributed by atoms with E-state index in [4.69, 9.17) is 16.3 Å². The number of carbonyl (C=O) groups excluding carboxylic acids is 1. The number of aromatic amines is 1. The minimum absolute atomic E-state index is 0.0555. The molecule has 0 bridgehead atoms. The number of nitrogens with one attached hydrogen (secondary N) is 1. The van der Waals surface area contributed by atoms with Gasteiger partial charge in [0.2, 0.25) is 0 Å². The van der Waals surface area contributed by atoms with E-state index in [1.807, 2.05) is 29.2 Å². The van der Waals surface area contributed by atoms with Crippen molar-refractivity contribution in [1.29, 1.82) is 0 Å². The molecule has 0 radical (unpaired) electrons. The smallest absolute Gasteiger partial charge is 0.273 e. The Labute approximate surface area is 186 Å². The van der Waals surface area contributed by atoms with E-state index in [2.05, 4.69) is 23.7 Å². The molecule has 0 saturated carbocycles. The number of unbranched alkanes of at least 4 members (excludes halogenated alkanes) is 1. The van der Waals surface area contributed by atoms with Gasteiger partial charge in [-0.15, -0.1) is 0 Å². The van der Waals surface area contributed by atoms with Crippen molar-refractivity contribution in [3.63, 3.8) is 0 Å². The maximum atomic E-state index is 13.3. The first-order valence-corrected chi connectivity index (χ1v) is 10.6. The SMILES string of the molecule is C=CCOc1cccc(C2c3c(-c4cc(Cl)ccc4O)n[nH]c3C(=O)N2CCCC)c1. The number of fused-ring (bicyclic) bond motifs is 1. The highest BCUT2D eigenvalue weighted by Gasteiger charge is 2.42. The third-order valence-electron chi connectivity index (χ3n) is 5.37. The number of halogens is 1. The van der Waals surface area contributed by atoms with Gasteiger partial charge in [0.05, 0.1) is 6.04 Å². The van der Waals surface area contributed by atoms with Gasteiger partial charge in [-0.25, -0.2) is 0 Å². The minimum atomic E-state index is -0.353. The maximum absolute atomic E-state index is 13.3. The summed E-state index contributed by atoms with van der Waals surface area (Å²) in [6, 6.07) is 12.1. The van der Waals surface area contributed by atoms with Crippen molar-refractivity contribution < 1.29 is 14.6 Å². The van der Waals surface area contributed by atoms with Crippen LogP contribution >= 0.6 is 11.6 Å². The lowest BCUT2D eigenvalue weighted by molar-refractivity contribution is 0.0741. The number of carbonyl (C=O) groups is 1. The monoisotopic (exact) mass is 437 g/mol. The van der Waals surface area contributed by atoms with Crippen LogP contribution in [0, 0.1) is 0 Å². The Kier molecular flexibility index (Phi) is 6.00. The van der Waals surface area contributed by atoms with Crippen LogP contribution in [-0.2, 0) is 0 Å². The normalized spacial score (nSPS) is 15.2. The van der Waals surface area contributed by atoms with Crippen molar-refractivity contribution in [3.8, 4) is 22.8 Å². The van der Waals surface area contributed by atoms with Crippen LogP contribution < -0.4 is 4.74 Å². The van der Waals surface area contributed by atoms with Crippen molar-refractivity contribution >= 4 is 17.5 Å². The Morgan fingerprint density at radius 1 is 1.32 bits per heavy atom. The van der Waals surface area contributed by atoms with Gasteiger partial charge in [-0.1, -0.05) is 49.7 Å². The standard InChI is InChI=1S/C24H24ClN3O3/c1-3-5-11-28-23(15-7-6-8-17(13-15)31-12-4-2)20-21(26-27-22(20)24(28)30)18-14-16(25)9-10-19(18)29/h4,6-10,13-14,23,29H,2-3,5,11-12H2,1H3,(H,26,27). The third-order valence-corrected chi connectivity index (χ3v) is 5.61. The molecule has 6 nitrogen and oxygen atoms in total. The zero-order chi connectivity index (χ0) is 22.0. The number of phenolic OH excluding ortho intramolecular Hbond substituents is 1. The summed E-state index contributed by atoms with van der Waals surface area (Å²) in [5, 5.41) is 18.2.